The highest BCUT2D eigenvalue weighted by atomic mass is 35.5. The summed E-state index contributed by atoms with van der Waals surface area (Å²) in [5.41, 5.74) is 5.20. The second-order valence-electron chi connectivity index (χ2n) is 7.21. The van der Waals surface area contributed by atoms with E-state index in [1.165, 1.54) is 24.3 Å². The monoisotopic (exact) mass is 527 g/mol. The Kier molecular flexibility index (Phi) is 7.00. The summed E-state index contributed by atoms with van der Waals surface area (Å²) in [6.45, 7) is 0. The van der Waals surface area contributed by atoms with Gasteiger partial charge in [0.1, 0.15) is 0 Å². The van der Waals surface area contributed by atoms with Gasteiger partial charge in [0.05, 0.1) is 22.7 Å². The van der Waals surface area contributed by atoms with Crippen LogP contribution in [0.15, 0.2) is 76.7 Å². The third-order valence-electron chi connectivity index (χ3n) is 5.05. The quantitative estimate of drug-likeness (QED) is 0.388. The Balaban J connectivity index is 1.67. The first-order valence-corrected chi connectivity index (χ1v) is 12.5. The highest BCUT2D eigenvalue weighted by Gasteiger charge is 2.32. The Labute approximate surface area is 206 Å². The van der Waals surface area contributed by atoms with Gasteiger partial charge in [-0.25, -0.2) is 8.42 Å². The van der Waals surface area contributed by atoms with Crippen LogP contribution in [0, 0.1) is 0 Å². The lowest BCUT2D eigenvalue weighted by molar-refractivity contribution is 0.576. The van der Waals surface area contributed by atoms with Crippen molar-refractivity contribution < 1.29 is 8.42 Å². The van der Waals surface area contributed by atoms with E-state index in [1.54, 1.807) is 30.3 Å². The lowest BCUT2D eigenvalue weighted by Gasteiger charge is -2.21. The van der Waals surface area contributed by atoms with Crippen LogP contribution in [-0.4, -0.2) is 14.1 Å². The van der Waals surface area contributed by atoms with Crippen molar-refractivity contribution in [3.05, 3.63) is 97.9 Å². The second kappa shape index (κ2) is 9.59. The molecule has 1 aliphatic rings. The van der Waals surface area contributed by atoms with Crippen molar-refractivity contribution in [3.63, 3.8) is 0 Å². The summed E-state index contributed by atoms with van der Waals surface area (Å²) in [6, 6.07) is 17.3. The molecule has 0 bridgehead atoms. The Hall–Kier alpha value is -1.80. The molecule has 10 heteroatoms. The van der Waals surface area contributed by atoms with Crippen molar-refractivity contribution in [2.45, 2.75) is 23.4 Å². The van der Waals surface area contributed by atoms with Crippen LogP contribution < -0.4 is 10.1 Å². The molecule has 3 aromatic rings. The van der Waals surface area contributed by atoms with Crippen LogP contribution in [0.1, 0.15) is 29.6 Å². The van der Waals surface area contributed by atoms with Crippen LogP contribution in [0.4, 0.5) is 0 Å². The number of nitrogens with one attached hydrogen (secondary N) is 2. The topological polar surface area (TPSA) is 70.6 Å². The van der Waals surface area contributed by atoms with Gasteiger partial charge in [-0.3, -0.25) is 0 Å². The number of nitrogens with zero attached hydrogens (tertiary/aromatic N) is 1. The zero-order valence-electron chi connectivity index (χ0n) is 16.4. The van der Waals surface area contributed by atoms with Gasteiger partial charge in [-0.15, -0.1) is 0 Å². The third-order valence-corrected chi connectivity index (χ3v) is 7.56. The van der Waals surface area contributed by atoms with Crippen LogP contribution in [-0.2, 0) is 10.0 Å². The summed E-state index contributed by atoms with van der Waals surface area (Å²) in [7, 11) is -3.90. The molecular weight excluding hydrogens is 512 g/mol. The minimum atomic E-state index is -3.90. The smallest absolute Gasteiger partial charge is 0.241 e. The molecule has 0 radical (unpaired) electrons. The fraction of sp³-hybridized carbons (Fsp3) is 0.136. The molecule has 2 N–H and O–H groups in total. The van der Waals surface area contributed by atoms with Crippen LogP contribution >= 0.6 is 46.4 Å². The summed E-state index contributed by atoms with van der Waals surface area (Å²) in [5, 5.41) is 6.30. The number of hydrogen-bond donors (Lipinski definition) is 2. The molecule has 0 fully saturated rings. The molecule has 3 aromatic carbocycles. The van der Waals surface area contributed by atoms with Crippen LogP contribution in [0.5, 0.6) is 0 Å². The molecule has 1 aliphatic heterocycles. The number of rotatable bonds is 6. The molecule has 5 nitrogen and oxygen atoms in total. The lowest BCUT2D eigenvalue weighted by Crippen LogP contribution is -2.33. The standard InChI is InChI=1S/C22H17Cl4N3O2S/c23-14-3-1-13(2-4-14)20-12-21(28-27-20)22(18-10-7-16(25)11-19(18)26)29-32(30,31)17-8-5-15(24)6-9-17/h1-11,20,22,27,29H,12H2. The van der Waals surface area contributed by atoms with Crippen molar-refractivity contribution in [2.24, 2.45) is 5.10 Å². The van der Waals surface area contributed by atoms with Gasteiger partial charge >= 0.3 is 0 Å². The summed E-state index contributed by atoms with van der Waals surface area (Å²) in [4.78, 5) is 0.0813. The maximum absolute atomic E-state index is 13.1. The van der Waals surface area contributed by atoms with Crippen LogP contribution in [0.2, 0.25) is 20.1 Å². The Morgan fingerprint density at radius 2 is 1.47 bits per heavy atom. The number of hydrogen-bond acceptors (Lipinski definition) is 4. The minimum Gasteiger partial charge on any atom is -0.302 e. The van der Waals surface area contributed by atoms with Gasteiger partial charge in [0.2, 0.25) is 10.0 Å². The van der Waals surface area contributed by atoms with Gasteiger partial charge in [0, 0.05) is 26.5 Å². The normalized spacial score (nSPS) is 17.0. The largest absolute Gasteiger partial charge is 0.302 e. The van der Waals surface area contributed by atoms with Crippen molar-refractivity contribution in [2.75, 3.05) is 0 Å². The first-order chi connectivity index (χ1) is 15.2. The molecule has 0 aromatic heterocycles. The molecule has 166 valence electrons. The fourth-order valence-corrected chi connectivity index (χ4v) is 5.39. The van der Waals surface area contributed by atoms with Crippen molar-refractivity contribution in [3.8, 4) is 0 Å². The number of halogens is 4. The van der Waals surface area contributed by atoms with E-state index in [2.05, 4.69) is 15.2 Å². The summed E-state index contributed by atoms with van der Waals surface area (Å²) < 4.78 is 29.0. The van der Waals surface area contributed by atoms with Gasteiger partial charge < -0.3 is 5.43 Å². The highest BCUT2D eigenvalue weighted by Crippen LogP contribution is 2.33. The number of hydrazone groups is 1. The Morgan fingerprint density at radius 1 is 0.875 bits per heavy atom. The maximum atomic E-state index is 13.1. The van der Waals surface area contributed by atoms with Gasteiger partial charge in [-0.2, -0.15) is 9.82 Å². The number of benzene rings is 3. The van der Waals surface area contributed by atoms with Gasteiger partial charge in [0.15, 0.2) is 0 Å². The van der Waals surface area contributed by atoms with E-state index in [9.17, 15) is 8.42 Å². The van der Waals surface area contributed by atoms with Gasteiger partial charge in [0.25, 0.3) is 0 Å². The van der Waals surface area contributed by atoms with Crippen molar-refractivity contribution >= 4 is 62.1 Å². The molecule has 32 heavy (non-hydrogen) atoms. The van der Waals surface area contributed by atoms with E-state index >= 15 is 0 Å². The maximum Gasteiger partial charge on any atom is 0.241 e. The molecule has 0 saturated carbocycles. The molecule has 0 saturated heterocycles. The summed E-state index contributed by atoms with van der Waals surface area (Å²) in [6.07, 6.45) is 0.467. The van der Waals surface area contributed by atoms with E-state index in [0.29, 0.717) is 37.8 Å². The molecule has 2 unspecified atom stereocenters. The van der Waals surface area contributed by atoms with Gasteiger partial charge in [-0.1, -0.05) is 64.6 Å². The van der Waals surface area contributed by atoms with E-state index in [0.717, 1.165) is 5.56 Å². The van der Waals surface area contributed by atoms with Gasteiger partial charge in [-0.05, 0) is 59.7 Å². The SMILES string of the molecule is O=S(=O)(NC(C1=NNC(c2ccc(Cl)cc2)C1)c1ccc(Cl)cc1Cl)c1ccc(Cl)cc1. The molecule has 1 heterocycles. The van der Waals surface area contributed by atoms with E-state index < -0.39 is 16.1 Å². The zero-order valence-corrected chi connectivity index (χ0v) is 20.2. The second-order valence-corrected chi connectivity index (χ2v) is 10.6. The Morgan fingerprint density at radius 3 is 2.09 bits per heavy atom. The molecule has 2 atom stereocenters. The van der Waals surface area contributed by atoms with E-state index in [4.69, 9.17) is 46.4 Å². The first kappa shape index (κ1) is 23.4. The minimum absolute atomic E-state index is 0.0813. The lowest BCUT2D eigenvalue weighted by atomic mass is 9.96. The first-order valence-electron chi connectivity index (χ1n) is 9.53. The predicted octanol–water partition coefficient (Wildman–Crippen LogP) is 6.41. The average molecular weight is 529 g/mol. The Bertz CT molecular complexity index is 1260. The predicted molar refractivity (Wildman–Crippen MR) is 130 cm³/mol. The van der Waals surface area contributed by atoms with E-state index in [1.807, 2.05) is 12.1 Å². The molecule has 0 spiro atoms. The summed E-state index contributed by atoms with van der Waals surface area (Å²) in [5.74, 6) is 0. The summed E-state index contributed by atoms with van der Waals surface area (Å²) >= 11 is 24.4. The molecular formula is C22H17Cl4N3O2S. The molecule has 4 rings (SSSR count). The average Bonchev–Trinajstić information content (AvgIpc) is 3.23. The highest BCUT2D eigenvalue weighted by molar-refractivity contribution is 7.89. The van der Waals surface area contributed by atoms with Crippen LogP contribution in [0.25, 0.3) is 0 Å². The molecule has 0 aliphatic carbocycles. The van der Waals surface area contributed by atoms with Crippen LogP contribution in [0.3, 0.4) is 0 Å². The van der Waals surface area contributed by atoms with E-state index in [-0.39, 0.29) is 10.9 Å². The number of sulfonamides is 1. The fourth-order valence-electron chi connectivity index (χ4n) is 3.41. The third kappa shape index (κ3) is 5.22. The molecule has 0 amide bonds. The van der Waals surface area contributed by atoms with Crippen molar-refractivity contribution in [1.82, 2.24) is 10.1 Å². The van der Waals surface area contributed by atoms with Crippen molar-refractivity contribution in [1.29, 1.82) is 0 Å². The zero-order chi connectivity index (χ0) is 22.9.